The molecule has 2 aromatic carbocycles. The van der Waals surface area contributed by atoms with Gasteiger partial charge in [0.15, 0.2) is 5.16 Å². The summed E-state index contributed by atoms with van der Waals surface area (Å²) in [6.45, 7) is 7.14. The van der Waals surface area contributed by atoms with E-state index in [2.05, 4.69) is 39.1 Å². The van der Waals surface area contributed by atoms with Crippen LogP contribution in [0.4, 0.5) is 5.69 Å². The minimum Gasteiger partial charge on any atom is -0.492 e. The molecule has 0 radical (unpaired) electrons. The zero-order chi connectivity index (χ0) is 20.6. The van der Waals surface area contributed by atoms with Gasteiger partial charge in [0.1, 0.15) is 11.6 Å². The average molecular weight is 411 g/mol. The number of hydrogen-bond donors (Lipinski definition) is 1. The van der Waals surface area contributed by atoms with Gasteiger partial charge in [-0.05, 0) is 38.5 Å². The quantitative estimate of drug-likeness (QED) is 0.529. The summed E-state index contributed by atoms with van der Waals surface area (Å²) in [7, 11) is 0. The van der Waals surface area contributed by atoms with Gasteiger partial charge in [-0.15, -0.1) is 10.2 Å². The first-order chi connectivity index (χ1) is 14.1. The molecular weight excluding hydrogens is 384 g/mol. The fourth-order valence-corrected chi connectivity index (χ4v) is 3.86. The molecule has 29 heavy (non-hydrogen) atoms. The molecule has 1 aromatic heterocycles. The maximum atomic E-state index is 12.7. The highest BCUT2D eigenvalue weighted by Gasteiger charge is 2.20. The highest BCUT2D eigenvalue weighted by molar-refractivity contribution is 8.00. The first-order valence-electron chi connectivity index (χ1n) is 9.77. The molecule has 1 unspecified atom stereocenters. The zero-order valence-corrected chi connectivity index (χ0v) is 17.8. The van der Waals surface area contributed by atoms with Crippen LogP contribution < -0.4 is 10.1 Å². The number of para-hydroxylation sites is 2. The van der Waals surface area contributed by atoms with Crippen molar-refractivity contribution in [2.24, 2.45) is 0 Å². The molecule has 3 aromatic rings. The smallest absolute Gasteiger partial charge is 0.237 e. The van der Waals surface area contributed by atoms with Crippen LogP contribution in [0.25, 0.3) is 0 Å². The minimum absolute atomic E-state index is 0.0996. The number of carbonyl (C=O) groups excluding carboxylic acids is 1. The molecule has 0 aliphatic rings. The van der Waals surface area contributed by atoms with Gasteiger partial charge in [-0.25, -0.2) is 0 Å². The Hall–Kier alpha value is -2.80. The molecule has 6 nitrogen and oxygen atoms in total. The summed E-state index contributed by atoms with van der Waals surface area (Å²) < 4.78 is 7.65. The van der Waals surface area contributed by atoms with Gasteiger partial charge in [0, 0.05) is 13.0 Å². The Bertz CT molecular complexity index is 943. The molecule has 1 atom stereocenters. The minimum atomic E-state index is -0.330. The van der Waals surface area contributed by atoms with E-state index in [9.17, 15) is 4.79 Å². The number of ether oxygens (including phenoxy) is 1. The summed E-state index contributed by atoms with van der Waals surface area (Å²) in [5.74, 6) is 1.47. The summed E-state index contributed by atoms with van der Waals surface area (Å²) in [4.78, 5) is 12.7. The van der Waals surface area contributed by atoms with Crippen LogP contribution in [0, 0.1) is 0 Å². The topological polar surface area (TPSA) is 69.0 Å². The van der Waals surface area contributed by atoms with Crippen LogP contribution in [-0.2, 0) is 17.8 Å². The Morgan fingerprint density at radius 2 is 1.83 bits per heavy atom. The van der Waals surface area contributed by atoms with Gasteiger partial charge in [-0.2, -0.15) is 0 Å². The molecule has 1 amide bonds. The number of benzene rings is 2. The maximum Gasteiger partial charge on any atom is 0.237 e. The fraction of sp³-hybridized carbons (Fsp3) is 0.318. The molecule has 1 N–H and O–H groups in total. The van der Waals surface area contributed by atoms with Crippen LogP contribution in [0.2, 0.25) is 0 Å². The van der Waals surface area contributed by atoms with Crippen molar-refractivity contribution in [2.45, 2.75) is 44.1 Å². The molecule has 0 aliphatic carbocycles. The van der Waals surface area contributed by atoms with Gasteiger partial charge in [0.05, 0.1) is 17.5 Å². The van der Waals surface area contributed by atoms with Crippen LogP contribution >= 0.6 is 11.8 Å². The van der Waals surface area contributed by atoms with E-state index in [1.165, 1.54) is 17.3 Å². The largest absolute Gasteiger partial charge is 0.492 e. The summed E-state index contributed by atoms with van der Waals surface area (Å²) in [5, 5.41) is 12.1. The van der Waals surface area contributed by atoms with E-state index in [-0.39, 0.29) is 11.2 Å². The Morgan fingerprint density at radius 3 is 2.55 bits per heavy atom. The van der Waals surface area contributed by atoms with E-state index in [1.54, 1.807) is 0 Å². The summed E-state index contributed by atoms with van der Waals surface area (Å²) in [6, 6.07) is 17.6. The molecule has 0 spiro atoms. The second kappa shape index (κ2) is 10.1. The first-order valence-corrected chi connectivity index (χ1v) is 10.7. The van der Waals surface area contributed by atoms with Crippen molar-refractivity contribution in [2.75, 3.05) is 11.9 Å². The van der Waals surface area contributed by atoms with Gasteiger partial charge in [0.25, 0.3) is 0 Å². The monoisotopic (exact) mass is 410 g/mol. The standard InChI is InChI=1S/C22H26N4O2S/c1-4-26-20(15-17-11-7-6-8-12-17)24-25-22(26)29-16(3)21(27)23-18-13-9-10-14-19(18)28-5-2/h6-14,16H,4-5,15H2,1-3H3,(H,23,27). The zero-order valence-electron chi connectivity index (χ0n) is 17.0. The lowest BCUT2D eigenvalue weighted by Crippen LogP contribution is -2.23. The van der Waals surface area contributed by atoms with Crippen LogP contribution in [0.3, 0.4) is 0 Å². The molecular formula is C22H26N4O2S. The van der Waals surface area contributed by atoms with Gasteiger partial charge < -0.3 is 14.6 Å². The predicted molar refractivity (Wildman–Crippen MR) is 117 cm³/mol. The maximum absolute atomic E-state index is 12.7. The first kappa shape index (κ1) is 20.9. The van der Waals surface area contributed by atoms with E-state index in [0.717, 1.165) is 17.5 Å². The lowest BCUT2D eigenvalue weighted by Gasteiger charge is -2.15. The number of rotatable bonds is 9. The molecule has 0 saturated carbocycles. The highest BCUT2D eigenvalue weighted by Crippen LogP contribution is 2.27. The number of anilines is 1. The molecule has 0 saturated heterocycles. The van der Waals surface area contributed by atoms with Gasteiger partial charge in [0.2, 0.25) is 5.91 Å². The van der Waals surface area contributed by atoms with E-state index < -0.39 is 0 Å². The number of aromatic nitrogens is 3. The third-order valence-corrected chi connectivity index (χ3v) is 5.49. The van der Waals surface area contributed by atoms with Crippen molar-refractivity contribution in [3.8, 4) is 5.75 Å². The Morgan fingerprint density at radius 1 is 1.10 bits per heavy atom. The Balaban J connectivity index is 1.69. The fourth-order valence-electron chi connectivity index (χ4n) is 2.93. The van der Waals surface area contributed by atoms with Crippen molar-refractivity contribution in [1.29, 1.82) is 0 Å². The second-order valence-electron chi connectivity index (χ2n) is 6.48. The molecule has 0 fully saturated rings. The second-order valence-corrected chi connectivity index (χ2v) is 7.79. The summed E-state index contributed by atoms with van der Waals surface area (Å²) >= 11 is 1.41. The van der Waals surface area contributed by atoms with Gasteiger partial charge >= 0.3 is 0 Å². The van der Waals surface area contributed by atoms with Crippen LogP contribution in [0.5, 0.6) is 5.75 Å². The van der Waals surface area contributed by atoms with Crippen molar-refractivity contribution in [1.82, 2.24) is 14.8 Å². The molecule has 0 bridgehead atoms. The highest BCUT2D eigenvalue weighted by atomic mass is 32.2. The predicted octanol–water partition coefficient (Wildman–Crippen LogP) is 4.41. The van der Waals surface area contributed by atoms with Crippen LogP contribution in [-0.4, -0.2) is 32.5 Å². The summed E-state index contributed by atoms with van der Waals surface area (Å²) in [6.07, 6.45) is 0.713. The van der Waals surface area contributed by atoms with Crippen molar-refractivity contribution >= 4 is 23.4 Å². The molecule has 0 aliphatic heterocycles. The molecule has 152 valence electrons. The number of nitrogens with zero attached hydrogens (tertiary/aromatic N) is 3. The lowest BCUT2D eigenvalue weighted by molar-refractivity contribution is -0.115. The molecule has 3 rings (SSSR count). The van der Waals surface area contributed by atoms with Crippen LogP contribution in [0.1, 0.15) is 32.2 Å². The third kappa shape index (κ3) is 5.38. The van der Waals surface area contributed by atoms with E-state index in [1.807, 2.05) is 56.3 Å². The average Bonchev–Trinajstić information content (AvgIpc) is 3.11. The lowest BCUT2D eigenvalue weighted by atomic mass is 10.1. The van der Waals surface area contributed by atoms with E-state index >= 15 is 0 Å². The SMILES string of the molecule is CCOc1ccccc1NC(=O)C(C)Sc1nnc(Cc2ccccc2)n1CC. The van der Waals surface area contributed by atoms with Gasteiger partial charge in [-0.1, -0.05) is 54.2 Å². The Labute approximate surface area is 175 Å². The van der Waals surface area contributed by atoms with E-state index in [0.29, 0.717) is 24.5 Å². The molecule has 7 heteroatoms. The van der Waals surface area contributed by atoms with E-state index in [4.69, 9.17) is 4.74 Å². The molecule has 1 heterocycles. The van der Waals surface area contributed by atoms with Crippen molar-refractivity contribution in [3.05, 3.63) is 66.0 Å². The Kier molecular flexibility index (Phi) is 7.30. The van der Waals surface area contributed by atoms with Crippen molar-refractivity contribution in [3.63, 3.8) is 0 Å². The number of amides is 1. The van der Waals surface area contributed by atoms with Crippen molar-refractivity contribution < 1.29 is 9.53 Å². The third-order valence-electron chi connectivity index (χ3n) is 4.41. The van der Waals surface area contributed by atoms with Gasteiger partial charge in [-0.3, -0.25) is 4.79 Å². The summed E-state index contributed by atoms with van der Waals surface area (Å²) in [5.41, 5.74) is 1.86. The van der Waals surface area contributed by atoms with Crippen LogP contribution in [0.15, 0.2) is 59.8 Å². The number of nitrogens with one attached hydrogen (secondary N) is 1. The normalized spacial score (nSPS) is 11.8. The number of carbonyl (C=O) groups is 1. The number of thioether (sulfide) groups is 1. The number of hydrogen-bond acceptors (Lipinski definition) is 5.